The highest BCUT2D eigenvalue weighted by Crippen LogP contribution is 1.97. The lowest BCUT2D eigenvalue weighted by Crippen LogP contribution is -2.05. The van der Waals surface area contributed by atoms with Crippen molar-refractivity contribution in [3.63, 3.8) is 0 Å². The summed E-state index contributed by atoms with van der Waals surface area (Å²) in [5, 5.41) is 8.23. The van der Waals surface area contributed by atoms with Gasteiger partial charge in [-0.2, -0.15) is 0 Å². The van der Waals surface area contributed by atoms with Gasteiger partial charge in [0.1, 0.15) is 0 Å². The van der Waals surface area contributed by atoms with E-state index >= 15 is 0 Å². The molecule has 3 nitrogen and oxygen atoms in total. The first-order valence-corrected chi connectivity index (χ1v) is 3.68. The van der Waals surface area contributed by atoms with Gasteiger partial charge in [0.25, 0.3) is 0 Å². The summed E-state index contributed by atoms with van der Waals surface area (Å²) in [6.45, 7) is 4.50. The largest absolute Gasteiger partial charge is 0.478 e. The van der Waals surface area contributed by atoms with Gasteiger partial charge in [0.05, 0.1) is 6.10 Å². The molecule has 0 heterocycles. The molecule has 0 aliphatic rings. The molecule has 0 aromatic rings. The van der Waals surface area contributed by atoms with Crippen LogP contribution in [0.25, 0.3) is 0 Å². The summed E-state index contributed by atoms with van der Waals surface area (Å²) < 4.78 is 5.18. The molecule has 1 N–H and O–H groups in total. The minimum Gasteiger partial charge on any atom is -0.478 e. The zero-order valence-electron chi connectivity index (χ0n) is 6.91. The van der Waals surface area contributed by atoms with Crippen LogP contribution in [0.3, 0.4) is 0 Å². The number of hydrogen-bond donors (Lipinski definition) is 1. The van der Waals surface area contributed by atoms with E-state index in [1.165, 1.54) is 0 Å². The Morgan fingerprint density at radius 1 is 1.73 bits per heavy atom. The van der Waals surface area contributed by atoms with Gasteiger partial charge in [-0.15, -0.1) is 0 Å². The van der Waals surface area contributed by atoms with E-state index < -0.39 is 5.97 Å². The van der Waals surface area contributed by atoms with Crippen LogP contribution in [0.2, 0.25) is 0 Å². The summed E-state index contributed by atoms with van der Waals surface area (Å²) in [4.78, 5) is 10.0. The first-order valence-electron chi connectivity index (χ1n) is 3.68. The Kier molecular flexibility index (Phi) is 5.47. The van der Waals surface area contributed by atoms with Crippen LogP contribution < -0.4 is 0 Å². The van der Waals surface area contributed by atoms with E-state index in [4.69, 9.17) is 9.84 Å². The highest BCUT2D eigenvalue weighted by molar-refractivity contribution is 5.79. The van der Waals surface area contributed by atoms with Crippen molar-refractivity contribution in [2.24, 2.45) is 0 Å². The molecular weight excluding hydrogens is 144 g/mol. The zero-order chi connectivity index (χ0) is 8.69. The Hall–Kier alpha value is -0.830. The van der Waals surface area contributed by atoms with E-state index in [9.17, 15) is 4.79 Å². The van der Waals surface area contributed by atoms with Gasteiger partial charge in [0, 0.05) is 12.7 Å². The summed E-state index contributed by atoms with van der Waals surface area (Å²) >= 11 is 0. The molecule has 0 aromatic carbocycles. The quantitative estimate of drug-likeness (QED) is 0.616. The molecule has 0 saturated heterocycles. The number of aliphatic carboxylic acids is 1. The molecule has 11 heavy (non-hydrogen) atoms. The van der Waals surface area contributed by atoms with Gasteiger partial charge in [0.2, 0.25) is 0 Å². The van der Waals surface area contributed by atoms with Crippen LogP contribution in [0.5, 0.6) is 0 Å². The minimum absolute atomic E-state index is 0.107. The van der Waals surface area contributed by atoms with Gasteiger partial charge in [0.15, 0.2) is 0 Å². The van der Waals surface area contributed by atoms with Gasteiger partial charge >= 0.3 is 5.97 Å². The third kappa shape index (κ3) is 7.06. The van der Waals surface area contributed by atoms with Crippen molar-refractivity contribution >= 4 is 5.97 Å². The average Bonchev–Trinajstić information content (AvgIpc) is 1.87. The molecule has 0 amide bonds. The molecule has 0 aliphatic carbocycles. The molecule has 0 fully saturated rings. The van der Waals surface area contributed by atoms with Crippen LogP contribution in [0.4, 0.5) is 0 Å². The number of hydrogen-bond acceptors (Lipinski definition) is 2. The second-order valence-electron chi connectivity index (χ2n) is 2.24. The van der Waals surface area contributed by atoms with Crippen LogP contribution >= 0.6 is 0 Å². The van der Waals surface area contributed by atoms with Crippen LogP contribution in [-0.4, -0.2) is 23.8 Å². The van der Waals surface area contributed by atoms with Crippen molar-refractivity contribution in [3.8, 4) is 0 Å². The molecule has 0 aromatic heterocycles. The predicted octanol–water partition coefficient (Wildman–Crippen LogP) is 1.44. The highest BCUT2D eigenvalue weighted by atomic mass is 16.5. The summed E-state index contributed by atoms with van der Waals surface area (Å²) in [6.07, 6.45) is 3.49. The lowest BCUT2D eigenvalue weighted by molar-refractivity contribution is -0.131. The standard InChI is InChI=1S/C8H14O3/c1-3-11-7(2)5-4-6-8(9)10/h4,6-7H,3,5H2,1-2H3,(H,9,10)/b6-4+. The zero-order valence-corrected chi connectivity index (χ0v) is 6.91. The number of carbonyl (C=O) groups is 1. The van der Waals surface area contributed by atoms with E-state index in [1.807, 2.05) is 13.8 Å². The van der Waals surface area contributed by atoms with Crippen LogP contribution in [0, 0.1) is 0 Å². The van der Waals surface area contributed by atoms with E-state index in [0.717, 1.165) is 6.08 Å². The van der Waals surface area contributed by atoms with Crippen molar-refractivity contribution in [3.05, 3.63) is 12.2 Å². The normalized spacial score (nSPS) is 13.6. The lowest BCUT2D eigenvalue weighted by Gasteiger charge is -2.06. The summed E-state index contributed by atoms with van der Waals surface area (Å²) in [6, 6.07) is 0. The first kappa shape index (κ1) is 10.2. The monoisotopic (exact) mass is 158 g/mol. The lowest BCUT2D eigenvalue weighted by atomic mass is 10.2. The molecule has 0 aliphatic heterocycles. The van der Waals surface area contributed by atoms with Crippen LogP contribution in [0.1, 0.15) is 20.3 Å². The van der Waals surface area contributed by atoms with Gasteiger partial charge in [-0.25, -0.2) is 4.79 Å². The molecule has 0 saturated carbocycles. The van der Waals surface area contributed by atoms with Gasteiger partial charge in [-0.1, -0.05) is 6.08 Å². The van der Waals surface area contributed by atoms with Crippen molar-refractivity contribution in [1.29, 1.82) is 0 Å². The Morgan fingerprint density at radius 2 is 2.36 bits per heavy atom. The van der Waals surface area contributed by atoms with Crippen molar-refractivity contribution < 1.29 is 14.6 Å². The number of ether oxygens (including phenoxy) is 1. The summed E-state index contributed by atoms with van der Waals surface area (Å²) in [5.41, 5.74) is 0. The molecule has 0 radical (unpaired) electrons. The Bertz CT molecular complexity index is 140. The third-order valence-corrected chi connectivity index (χ3v) is 1.18. The van der Waals surface area contributed by atoms with E-state index in [0.29, 0.717) is 13.0 Å². The van der Waals surface area contributed by atoms with E-state index in [1.54, 1.807) is 6.08 Å². The van der Waals surface area contributed by atoms with Crippen LogP contribution in [-0.2, 0) is 9.53 Å². The summed E-state index contributed by atoms with van der Waals surface area (Å²) in [5.74, 6) is -0.909. The molecule has 0 rings (SSSR count). The highest BCUT2D eigenvalue weighted by Gasteiger charge is 1.96. The van der Waals surface area contributed by atoms with E-state index in [2.05, 4.69) is 0 Å². The number of carboxylic acid groups (broad SMARTS) is 1. The van der Waals surface area contributed by atoms with Gasteiger partial charge in [-0.3, -0.25) is 0 Å². The van der Waals surface area contributed by atoms with Gasteiger partial charge in [-0.05, 0) is 20.3 Å². The fourth-order valence-electron chi connectivity index (χ4n) is 0.713. The Morgan fingerprint density at radius 3 is 2.82 bits per heavy atom. The Balaban J connectivity index is 3.44. The second kappa shape index (κ2) is 5.92. The first-order chi connectivity index (χ1) is 5.16. The Labute approximate surface area is 66.7 Å². The number of rotatable bonds is 5. The fourth-order valence-corrected chi connectivity index (χ4v) is 0.713. The predicted molar refractivity (Wildman–Crippen MR) is 42.5 cm³/mol. The van der Waals surface area contributed by atoms with Crippen molar-refractivity contribution in [2.75, 3.05) is 6.61 Å². The smallest absolute Gasteiger partial charge is 0.327 e. The maximum absolute atomic E-state index is 10.0. The minimum atomic E-state index is -0.909. The molecule has 0 spiro atoms. The van der Waals surface area contributed by atoms with Gasteiger partial charge < -0.3 is 9.84 Å². The maximum atomic E-state index is 10.0. The molecule has 1 unspecified atom stereocenters. The molecule has 3 heteroatoms. The van der Waals surface area contributed by atoms with Crippen molar-refractivity contribution in [1.82, 2.24) is 0 Å². The molecule has 1 atom stereocenters. The summed E-state index contributed by atoms with van der Waals surface area (Å²) in [7, 11) is 0. The second-order valence-corrected chi connectivity index (χ2v) is 2.24. The SMILES string of the molecule is CCOC(C)C/C=C/C(=O)O. The third-order valence-electron chi connectivity index (χ3n) is 1.18. The van der Waals surface area contributed by atoms with Crippen molar-refractivity contribution in [2.45, 2.75) is 26.4 Å². The molecule has 0 bridgehead atoms. The van der Waals surface area contributed by atoms with E-state index in [-0.39, 0.29) is 6.10 Å². The number of carboxylic acids is 1. The van der Waals surface area contributed by atoms with Crippen LogP contribution in [0.15, 0.2) is 12.2 Å². The fraction of sp³-hybridized carbons (Fsp3) is 0.625. The molecule has 64 valence electrons. The molecular formula is C8H14O3. The average molecular weight is 158 g/mol. The topological polar surface area (TPSA) is 46.5 Å². The maximum Gasteiger partial charge on any atom is 0.327 e.